The number of aromatic nitrogens is 5. The van der Waals surface area contributed by atoms with E-state index in [1.807, 2.05) is 18.2 Å². The molecule has 1 aromatic carbocycles. The van der Waals surface area contributed by atoms with Crippen molar-refractivity contribution in [3.63, 3.8) is 0 Å². The van der Waals surface area contributed by atoms with Crippen LogP contribution in [-0.4, -0.2) is 25.0 Å². The molecule has 0 saturated carbocycles. The van der Waals surface area contributed by atoms with Gasteiger partial charge in [-0.1, -0.05) is 29.5 Å². The summed E-state index contributed by atoms with van der Waals surface area (Å²) in [6.45, 7) is 0.723. The number of rotatable bonds is 1. The maximum Gasteiger partial charge on any atom is 0.325 e. The van der Waals surface area contributed by atoms with Gasteiger partial charge in [-0.2, -0.15) is 0 Å². The lowest BCUT2D eigenvalue weighted by Crippen LogP contribution is -2.23. The molecule has 4 rings (SSSR count). The molecule has 7 heteroatoms. The first-order valence-electron chi connectivity index (χ1n) is 6.58. The van der Waals surface area contributed by atoms with Crippen molar-refractivity contribution in [2.24, 2.45) is 0 Å². The second-order valence-electron chi connectivity index (χ2n) is 4.90. The number of fused-ring (bicyclic) bond motifs is 3. The van der Waals surface area contributed by atoms with Gasteiger partial charge in [-0.05, 0) is 12.0 Å². The highest BCUT2D eigenvalue weighted by atomic mass is 16.2. The molecule has 0 unspecified atom stereocenters. The molecule has 21 heavy (non-hydrogen) atoms. The number of aryl methyl sites for hydroxylation is 2. The van der Waals surface area contributed by atoms with Crippen LogP contribution >= 0.6 is 0 Å². The summed E-state index contributed by atoms with van der Waals surface area (Å²) >= 11 is 0. The van der Waals surface area contributed by atoms with Gasteiger partial charge < -0.3 is 4.98 Å². The van der Waals surface area contributed by atoms with Crippen LogP contribution in [0.1, 0.15) is 5.56 Å². The Bertz CT molecular complexity index is 950. The minimum Gasteiger partial charge on any atom is -0.313 e. The maximum absolute atomic E-state index is 12.0. The molecule has 1 aliphatic rings. The van der Waals surface area contributed by atoms with E-state index >= 15 is 0 Å². The smallest absolute Gasteiger partial charge is 0.313 e. The van der Waals surface area contributed by atoms with Crippen molar-refractivity contribution in [3.05, 3.63) is 56.9 Å². The molecule has 0 fully saturated rings. The van der Waals surface area contributed by atoms with Gasteiger partial charge in [0.25, 0.3) is 5.56 Å². The third-order valence-electron chi connectivity index (χ3n) is 3.67. The largest absolute Gasteiger partial charge is 0.325 e. The van der Waals surface area contributed by atoms with Gasteiger partial charge in [-0.25, -0.2) is 9.48 Å². The van der Waals surface area contributed by atoms with E-state index in [9.17, 15) is 9.59 Å². The fourth-order valence-corrected chi connectivity index (χ4v) is 2.70. The lowest BCUT2D eigenvalue weighted by atomic mass is 9.96. The molecule has 0 aliphatic carbocycles. The topological polar surface area (TPSA) is 96.4 Å². The van der Waals surface area contributed by atoms with Crippen molar-refractivity contribution in [2.45, 2.75) is 13.0 Å². The number of nitrogens with one attached hydrogen (secondary N) is 2. The molecule has 104 valence electrons. The first kappa shape index (κ1) is 11.8. The van der Waals surface area contributed by atoms with Crippen LogP contribution in [-0.2, 0) is 13.0 Å². The lowest BCUT2D eigenvalue weighted by molar-refractivity contribution is 0.583. The van der Waals surface area contributed by atoms with Crippen molar-refractivity contribution >= 4 is 0 Å². The molecular formula is C14H11N5O2. The van der Waals surface area contributed by atoms with Crippen LogP contribution in [0.25, 0.3) is 22.5 Å². The maximum atomic E-state index is 12.0. The van der Waals surface area contributed by atoms with Crippen molar-refractivity contribution in [1.29, 1.82) is 0 Å². The molecule has 3 aromatic rings. The molecule has 0 atom stereocenters. The minimum atomic E-state index is -0.537. The van der Waals surface area contributed by atoms with Gasteiger partial charge in [0.2, 0.25) is 0 Å². The van der Waals surface area contributed by atoms with E-state index in [-0.39, 0.29) is 0 Å². The van der Waals surface area contributed by atoms with Crippen LogP contribution in [0.4, 0.5) is 0 Å². The summed E-state index contributed by atoms with van der Waals surface area (Å²) in [6.07, 6.45) is 2.26. The third-order valence-corrected chi connectivity index (χ3v) is 3.67. The summed E-state index contributed by atoms with van der Waals surface area (Å²) < 4.78 is 1.79. The Balaban J connectivity index is 2.01. The molecule has 7 nitrogen and oxygen atoms in total. The molecule has 0 saturated heterocycles. The minimum absolute atomic E-state index is 0.313. The molecule has 0 bridgehead atoms. The predicted molar refractivity (Wildman–Crippen MR) is 75.8 cm³/mol. The van der Waals surface area contributed by atoms with Crippen molar-refractivity contribution in [2.75, 3.05) is 0 Å². The molecule has 0 spiro atoms. The second kappa shape index (κ2) is 4.27. The molecule has 3 heterocycles. The molecule has 0 amide bonds. The zero-order valence-electron chi connectivity index (χ0n) is 11.0. The monoisotopic (exact) mass is 281 g/mol. The Morgan fingerprint density at radius 1 is 1.14 bits per heavy atom. The van der Waals surface area contributed by atoms with Crippen LogP contribution < -0.4 is 11.2 Å². The number of aromatic amines is 2. The number of hydrogen-bond donors (Lipinski definition) is 2. The third kappa shape index (κ3) is 1.74. The van der Waals surface area contributed by atoms with Crippen molar-refractivity contribution in [3.8, 4) is 22.5 Å². The molecule has 2 aromatic heterocycles. The summed E-state index contributed by atoms with van der Waals surface area (Å²) in [7, 11) is 0. The highest BCUT2D eigenvalue weighted by Gasteiger charge is 2.24. The summed E-state index contributed by atoms with van der Waals surface area (Å²) in [5.41, 5.74) is 2.83. The summed E-state index contributed by atoms with van der Waals surface area (Å²) in [5, 5.41) is 8.25. The van der Waals surface area contributed by atoms with Gasteiger partial charge >= 0.3 is 5.69 Å². The van der Waals surface area contributed by atoms with Crippen LogP contribution in [0.2, 0.25) is 0 Å². The first-order valence-corrected chi connectivity index (χ1v) is 6.58. The number of H-pyrrole nitrogens is 2. The average molecular weight is 281 g/mol. The van der Waals surface area contributed by atoms with Gasteiger partial charge in [-0.3, -0.25) is 9.78 Å². The summed E-state index contributed by atoms with van der Waals surface area (Å²) in [4.78, 5) is 27.8. The number of benzene rings is 1. The van der Waals surface area contributed by atoms with E-state index in [1.54, 1.807) is 4.68 Å². The Labute approximate surface area is 118 Å². The number of nitrogens with zero attached hydrogens (tertiary/aromatic N) is 3. The van der Waals surface area contributed by atoms with E-state index < -0.39 is 11.2 Å². The van der Waals surface area contributed by atoms with Gasteiger partial charge in [-0.15, -0.1) is 5.10 Å². The van der Waals surface area contributed by atoms with E-state index in [4.69, 9.17) is 0 Å². The van der Waals surface area contributed by atoms with E-state index in [1.165, 1.54) is 11.8 Å². The zero-order valence-corrected chi connectivity index (χ0v) is 11.0. The standard InChI is InChI=1S/C14H11N5O2/c20-13-10(7-15-14(21)16-13)11-12-9-4-2-1-3-8(9)5-6-19(12)18-17-11/h1-4,7H,5-6H2,(H2,15,16,20,21). The van der Waals surface area contributed by atoms with E-state index in [0.717, 1.165) is 24.2 Å². The quantitative estimate of drug-likeness (QED) is 0.680. The van der Waals surface area contributed by atoms with Gasteiger partial charge in [0.15, 0.2) is 0 Å². The normalized spacial score (nSPS) is 12.8. The first-order chi connectivity index (χ1) is 10.2. The highest BCUT2D eigenvalue weighted by molar-refractivity contribution is 5.79. The molecule has 0 radical (unpaired) electrons. The average Bonchev–Trinajstić information content (AvgIpc) is 2.91. The predicted octanol–water partition coefficient (Wildman–Crippen LogP) is 0.545. The van der Waals surface area contributed by atoms with Gasteiger partial charge in [0, 0.05) is 18.3 Å². The Kier molecular flexibility index (Phi) is 2.41. The Morgan fingerprint density at radius 2 is 2.00 bits per heavy atom. The van der Waals surface area contributed by atoms with Crippen LogP contribution in [0.5, 0.6) is 0 Å². The Morgan fingerprint density at radius 3 is 2.86 bits per heavy atom. The molecule has 2 N–H and O–H groups in total. The van der Waals surface area contributed by atoms with Crippen molar-refractivity contribution in [1.82, 2.24) is 25.0 Å². The SMILES string of the molecule is O=c1[nH]cc(-c2nnn3c2-c2ccccc2CC3)c(=O)[nH]1. The lowest BCUT2D eigenvalue weighted by Gasteiger charge is -2.17. The summed E-state index contributed by atoms with van der Waals surface area (Å²) in [6, 6.07) is 7.99. The fraction of sp³-hybridized carbons (Fsp3) is 0.143. The van der Waals surface area contributed by atoms with Crippen molar-refractivity contribution < 1.29 is 0 Å². The highest BCUT2D eigenvalue weighted by Crippen LogP contribution is 2.34. The van der Waals surface area contributed by atoms with E-state index in [0.29, 0.717) is 11.3 Å². The fourth-order valence-electron chi connectivity index (χ4n) is 2.70. The van der Waals surface area contributed by atoms with Gasteiger partial charge in [0.1, 0.15) is 5.69 Å². The Hall–Kier alpha value is -2.96. The van der Waals surface area contributed by atoms with Crippen LogP contribution in [0.15, 0.2) is 40.1 Å². The van der Waals surface area contributed by atoms with Gasteiger partial charge in [0.05, 0.1) is 11.3 Å². The zero-order chi connectivity index (χ0) is 14.4. The summed E-state index contributed by atoms with van der Waals surface area (Å²) in [5.74, 6) is 0. The van der Waals surface area contributed by atoms with E-state index in [2.05, 4.69) is 26.3 Å². The molecule has 1 aliphatic heterocycles. The second-order valence-corrected chi connectivity index (χ2v) is 4.90. The number of hydrogen-bond acceptors (Lipinski definition) is 4. The van der Waals surface area contributed by atoms with Crippen LogP contribution in [0.3, 0.4) is 0 Å². The van der Waals surface area contributed by atoms with Crippen LogP contribution in [0, 0.1) is 0 Å². The molecular weight excluding hydrogens is 270 g/mol.